The monoisotopic (exact) mass is 271 g/mol. The van der Waals surface area contributed by atoms with Gasteiger partial charge in [0.05, 0.1) is 5.56 Å². The molecule has 2 N–H and O–H groups in total. The first kappa shape index (κ1) is 11.7. The minimum Gasteiger partial charge on any atom is -0.380 e. The third kappa shape index (κ3) is 2.18. The minimum atomic E-state index is 0.348. The van der Waals surface area contributed by atoms with Crippen molar-refractivity contribution in [1.82, 2.24) is 10.1 Å². The summed E-state index contributed by atoms with van der Waals surface area (Å²) in [6.45, 7) is 0. The molecule has 94 valence electrons. The van der Waals surface area contributed by atoms with Crippen molar-refractivity contribution in [3.05, 3.63) is 53.8 Å². The Morgan fingerprint density at radius 1 is 1.05 bits per heavy atom. The summed E-state index contributed by atoms with van der Waals surface area (Å²) >= 11 is 6.00. The van der Waals surface area contributed by atoms with Gasteiger partial charge in [-0.3, -0.25) is 4.98 Å². The van der Waals surface area contributed by atoms with Gasteiger partial charge in [0.15, 0.2) is 11.6 Å². The van der Waals surface area contributed by atoms with Crippen molar-refractivity contribution < 1.29 is 4.52 Å². The van der Waals surface area contributed by atoms with Crippen LogP contribution in [0.1, 0.15) is 0 Å². The number of halogens is 1. The van der Waals surface area contributed by atoms with Gasteiger partial charge in [-0.25, -0.2) is 0 Å². The molecule has 0 amide bonds. The fraction of sp³-hybridized carbons (Fsp3) is 0. The van der Waals surface area contributed by atoms with Crippen molar-refractivity contribution >= 4 is 17.4 Å². The molecular formula is C14H10ClN3O. The minimum absolute atomic E-state index is 0.348. The Hall–Kier alpha value is -2.33. The summed E-state index contributed by atoms with van der Waals surface area (Å²) in [6, 6.07) is 11.1. The number of nitrogens with zero attached hydrogens (tertiary/aromatic N) is 2. The normalized spacial score (nSPS) is 10.6. The Morgan fingerprint density at radius 3 is 2.58 bits per heavy atom. The number of pyridine rings is 1. The van der Waals surface area contributed by atoms with Gasteiger partial charge in [-0.2, -0.15) is 0 Å². The first-order valence-corrected chi connectivity index (χ1v) is 6.05. The molecule has 0 radical (unpaired) electrons. The van der Waals surface area contributed by atoms with Gasteiger partial charge in [-0.15, -0.1) is 0 Å². The molecule has 2 heterocycles. The Morgan fingerprint density at radius 2 is 1.84 bits per heavy atom. The van der Waals surface area contributed by atoms with Crippen molar-refractivity contribution in [3.8, 4) is 22.5 Å². The van der Waals surface area contributed by atoms with Gasteiger partial charge in [0.2, 0.25) is 0 Å². The zero-order valence-corrected chi connectivity index (χ0v) is 10.6. The fourth-order valence-corrected chi connectivity index (χ4v) is 2.12. The third-order valence-corrected chi connectivity index (χ3v) is 3.01. The molecule has 3 aromatic rings. The molecule has 0 saturated carbocycles. The van der Waals surface area contributed by atoms with Crippen LogP contribution in [0.25, 0.3) is 22.5 Å². The summed E-state index contributed by atoms with van der Waals surface area (Å²) in [5, 5.41) is 4.47. The van der Waals surface area contributed by atoms with E-state index in [1.165, 1.54) is 0 Å². The van der Waals surface area contributed by atoms with Gasteiger partial charge in [0.1, 0.15) is 0 Å². The molecule has 19 heavy (non-hydrogen) atoms. The molecule has 0 unspecified atom stereocenters. The fourth-order valence-electron chi connectivity index (χ4n) is 1.93. The predicted molar refractivity (Wildman–Crippen MR) is 74.6 cm³/mol. The molecule has 5 heteroatoms. The lowest BCUT2D eigenvalue weighted by molar-refractivity contribution is 0.436. The molecule has 2 aromatic heterocycles. The maximum atomic E-state index is 6.00. The number of anilines is 1. The van der Waals surface area contributed by atoms with E-state index in [4.69, 9.17) is 21.9 Å². The van der Waals surface area contributed by atoms with Crippen molar-refractivity contribution in [3.63, 3.8) is 0 Å². The van der Waals surface area contributed by atoms with E-state index in [-0.39, 0.29) is 0 Å². The van der Waals surface area contributed by atoms with Gasteiger partial charge in [-0.05, 0) is 29.8 Å². The lowest BCUT2D eigenvalue weighted by atomic mass is 10.0. The van der Waals surface area contributed by atoms with Crippen LogP contribution in [0.15, 0.2) is 53.3 Å². The Labute approximate surface area is 114 Å². The van der Waals surface area contributed by atoms with Crippen molar-refractivity contribution in [2.75, 3.05) is 5.73 Å². The summed E-state index contributed by atoms with van der Waals surface area (Å²) in [5.74, 6) is 0.951. The quantitative estimate of drug-likeness (QED) is 0.773. The van der Waals surface area contributed by atoms with Gasteiger partial charge >= 0.3 is 0 Å². The molecule has 4 nitrogen and oxygen atoms in total. The number of hydrogen-bond donors (Lipinski definition) is 1. The smallest absolute Gasteiger partial charge is 0.176 e. The molecule has 0 aliphatic rings. The maximum absolute atomic E-state index is 6.00. The summed E-state index contributed by atoms with van der Waals surface area (Å²) in [5.41, 5.74) is 8.39. The van der Waals surface area contributed by atoms with Crippen LogP contribution < -0.4 is 5.73 Å². The molecule has 0 atom stereocenters. The molecule has 0 fully saturated rings. The summed E-state index contributed by atoms with van der Waals surface area (Å²) in [4.78, 5) is 3.99. The first-order chi connectivity index (χ1) is 9.25. The third-order valence-electron chi connectivity index (χ3n) is 2.77. The second kappa shape index (κ2) is 4.74. The molecule has 0 aliphatic heterocycles. The zero-order valence-electron chi connectivity index (χ0n) is 9.88. The van der Waals surface area contributed by atoms with Gasteiger partial charge in [-0.1, -0.05) is 28.9 Å². The molecule has 1 aromatic carbocycles. The van der Waals surface area contributed by atoms with E-state index in [1.807, 2.05) is 30.3 Å². The number of aromatic nitrogens is 2. The number of nitrogen functional groups attached to an aromatic ring is 1. The average molecular weight is 272 g/mol. The van der Waals surface area contributed by atoms with Crippen LogP contribution in [0.3, 0.4) is 0 Å². The first-order valence-electron chi connectivity index (χ1n) is 5.67. The van der Waals surface area contributed by atoms with Gasteiger partial charge in [0.25, 0.3) is 0 Å². The van der Waals surface area contributed by atoms with Crippen LogP contribution in [0.4, 0.5) is 5.82 Å². The van der Waals surface area contributed by atoms with E-state index in [1.54, 1.807) is 18.5 Å². The molecule has 0 aliphatic carbocycles. The number of rotatable bonds is 2. The number of hydrogen-bond acceptors (Lipinski definition) is 4. The van der Waals surface area contributed by atoms with Crippen LogP contribution in [0.5, 0.6) is 0 Å². The lowest BCUT2D eigenvalue weighted by Crippen LogP contribution is -1.89. The van der Waals surface area contributed by atoms with E-state index in [9.17, 15) is 0 Å². The molecule has 0 spiro atoms. The predicted octanol–water partition coefficient (Wildman–Crippen LogP) is 3.64. The Bertz CT molecular complexity index is 710. The van der Waals surface area contributed by atoms with Crippen molar-refractivity contribution in [2.24, 2.45) is 0 Å². The molecule has 0 bridgehead atoms. The van der Waals surface area contributed by atoms with E-state index in [0.29, 0.717) is 16.6 Å². The maximum Gasteiger partial charge on any atom is 0.176 e. The largest absolute Gasteiger partial charge is 0.380 e. The Balaban J connectivity index is 2.19. The summed E-state index contributed by atoms with van der Waals surface area (Å²) < 4.78 is 5.34. The highest BCUT2D eigenvalue weighted by molar-refractivity contribution is 6.30. The highest BCUT2D eigenvalue weighted by Gasteiger charge is 2.17. The van der Waals surface area contributed by atoms with Crippen molar-refractivity contribution in [2.45, 2.75) is 0 Å². The highest BCUT2D eigenvalue weighted by atomic mass is 35.5. The molecular weight excluding hydrogens is 262 g/mol. The highest BCUT2D eigenvalue weighted by Crippen LogP contribution is 2.36. The van der Waals surface area contributed by atoms with E-state index in [2.05, 4.69) is 10.1 Å². The molecule has 0 saturated heterocycles. The lowest BCUT2D eigenvalue weighted by Gasteiger charge is -2.02. The second-order valence-electron chi connectivity index (χ2n) is 4.02. The average Bonchev–Trinajstić information content (AvgIpc) is 2.82. The van der Waals surface area contributed by atoms with Crippen LogP contribution in [-0.2, 0) is 0 Å². The standard InChI is InChI=1S/C14H10ClN3O/c15-11-3-1-2-10(8-11)13-12(14(16)18-19-13)9-4-6-17-7-5-9/h1-8H,(H2,16,18). The van der Waals surface area contributed by atoms with E-state index < -0.39 is 0 Å². The number of benzene rings is 1. The summed E-state index contributed by atoms with van der Waals surface area (Å²) in [7, 11) is 0. The zero-order chi connectivity index (χ0) is 13.2. The van der Waals surface area contributed by atoms with Gasteiger partial charge in [0, 0.05) is 23.0 Å². The van der Waals surface area contributed by atoms with Crippen LogP contribution in [0.2, 0.25) is 5.02 Å². The summed E-state index contributed by atoms with van der Waals surface area (Å²) in [6.07, 6.45) is 3.40. The number of nitrogens with two attached hydrogens (primary N) is 1. The van der Waals surface area contributed by atoms with Gasteiger partial charge < -0.3 is 10.3 Å². The van der Waals surface area contributed by atoms with E-state index >= 15 is 0 Å². The van der Waals surface area contributed by atoms with E-state index in [0.717, 1.165) is 16.7 Å². The Kier molecular flexibility index (Phi) is 2.93. The SMILES string of the molecule is Nc1noc(-c2cccc(Cl)c2)c1-c1ccncc1. The van der Waals surface area contributed by atoms with Crippen molar-refractivity contribution in [1.29, 1.82) is 0 Å². The topological polar surface area (TPSA) is 64.9 Å². The molecule has 3 rings (SSSR count). The second-order valence-corrected chi connectivity index (χ2v) is 4.45. The van der Waals surface area contributed by atoms with Crippen LogP contribution in [-0.4, -0.2) is 10.1 Å². The van der Waals surface area contributed by atoms with Crippen LogP contribution in [0, 0.1) is 0 Å². The van der Waals surface area contributed by atoms with Crippen LogP contribution >= 0.6 is 11.6 Å².